The largest absolute Gasteiger partial charge is 0.310 e. The zero-order valence-electron chi connectivity index (χ0n) is 19.2. The van der Waals surface area contributed by atoms with Crippen LogP contribution < -0.4 is 10.0 Å². The van der Waals surface area contributed by atoms with Gasteiger partial charge in [-0.15, -0.1) is 0 Å². The van der Waals surface area contributed by atoms with E-state index in [9.17, 15) is 16.8 Å². The van der Waals surface area contributed by atoms with Crippen molar-refractivity contribution in [2.75, 3.05) is 4.72 Å². The van der Waals surface area contributed by atoms with E-state index in [1.807, 2.05) is 12.1 Å². The molecule has 4 rings (SSSR count). The Hall–Kier alpha value is -2.62. The van der Waals surface area contributed by atoms with Gasteiger partial charge in [-0.3, -0.25) is 4.72 Å². The molecule has 1 atom stereocenters. The molecule has 9 heteroatoms. The fourth-order valence-corrected chi connectivity index (χ4v) is 6.77. The average molecular weight is 502 g/mol. The monoisotopic (exact) mass is 501 g/mol. The van der Waals surface area contributed by atoms with Crippen LogP contribution in [0.3, 0.4) is 0 Å². The molecule has 7 nitrogen and oxygen atoms in total. The first-order chi connectivity index (χ1) is 16.3. The molecule has 1 aliphatic rings. The van der Waals surface area contributed by atoms with Gasteiger partial charge in [-0.25, -0.2) is 20.8 Å². The average Bonchev–Trinajstić information content (AvgIpc) is 3.53. The molecule has 1 heterocycles. The number of benzene rings is 2. The van der Waals surface area contributed by atoms with E-state index >= 15 is 0 Å². The number of para-hydroxylation sites is 1. The van der Waals surface area contributed by atoms with Crippen molar-refractivity contribution in [3.05, 3.63) is 78.6 Å². The third-order valence-corrected chi connectivity index (χ3v) is 9.40. The summed E-state index contributed by atoms with van der Waals surface area (Å²) in [6.45, 7) is 2.73. The summed E-state index contributed by atoms with van der Waals surface area (Å²) in [5.74, 6) is 0.778. The van der Waals surface area contributed by atoms with Crippen LogP contribution in [-0.2, 0) is 26.6 Å². The predicted octanol–water partition coefficient (Wildman–Crippen LogP) is 4.58. The predicted molar refractivity (Wildman–Crippen MR) is 134 cm³/mol. The van der Waals surface area contributed by atoms with Crippen molar-refractivity contribution >= 4 is 25.7 Å². The van der Waals surface area contributed by atoms with E-state index in [4.69, 9.17) is 0 Å². The minimum atomic E-state index is -3.89. The molecule has 1 aromatic heterocycles. The Kier molecular flexibility index (Phi) is 7.45. The highest BCUT2D eigenvalue weighted by Gasteiger charge is 2.21. The third kappa shape index (κ3) is 5.71. The van der Waals surface area contributed by atoms with Gasteiger partial charge in [0.25, 0.3) is 20.0 Å². The van der Waals surface area contributed by atoms with E-state index in [-0.39, 0.29) is 9.79 Å². The molecule has 1 aliphatic carbocycles. The van der Waals surface area contributed by atoms with Crippen molar-refractivity contribution in [2.24, 2.45) is 5.92 Å². The Morgan fingerprint density at radius 1 is 0.882 bits per heavy atom. The Bertz CT molecular complexity index is 1300. The van der Waals surface area contributed by atoms with E-state index in [0.29, 0.717) is 18.3 Å². The summed E-state index contributed by atoms with van der Waals surface area (Å²) in [5.41, 5.74) is 1.36. The summed E-state index contributed by atoms with van der Waals surface area (Å²) in [7, 11) is -7.64. The van der Waals surface area contributed by atoms with Crippen molar-refractivity contribution in [3.8, 4) is 0 Å². The van der Waals surface area contributed by atoms with Gasteiger partial charge in [0, 0.05) is 25.0 Å². The summed E-state index contributed by atoms with van der Waals surface area (Å²) in [6.07, 6.45) is 9.23. The normalized spacial score (nSPS) is 15.9. The first kappa shape index (κ1) is 24.5. The molecule has 0 spiro atoms. The maximum Gasteiger partial charge on any atom is 0.267 e. The lowest BCUT2D eigenvalue weighted by Crippen LogP contribution is -2.28. The standard InChI is InChI=1S/C25H31N3O4S2/c1-20(18-21-8-2-3-9-21)26-19-22-10-4-5-11-25(22)27-33(29,30)23-12-14-24(15-13-23)34(31,32)28-16-6-7-17-28/h4-7,10-17,20-21,26-27H,2-3,8-9,18-19H2,1H3/t20-/m0/s1. The zero-order valence-corrected chi connectivity index (χ0v) is 20.9. The van der Waals surface area contributed by atoms with Crippen LogP contribution >= 0.6 is 0 Å². The van der Waals surface area contributed by atoms with Crippen molar-refractivity contribution in [2.45, 2.75) is 61.4 Å². The first-order valence-corrected chi connectivity index (χ1v) is 14.5. The fourth-order valence-electron chi connectivity index (χ4n) is 4.48. The van der Waals surface area contributed by atoms with Gasteiger partial charge in [-0.05, 0) is 67.3 Å². The first-order valence-electron chi connectivity index (χ1n) is 11.6. The van der Waals surface area contributed by atoms with Crippen LogP contribution in [0.15, 0.2) is 82.8 Å². The fraction of sp³-hybridized carbons (Fsp3) is 0.360. The number of nitrogens with one attached hydrogen (secondary N) is 2. The summed E-state index contributed by atoms with van der Waals surface area (Å²) in [5, 5.41) is 3.53. The summed E-state index contributed by atoms with van der Waals surface area (Å²) in [4.78, 5) is 0.0137. The Balaban J connectivity index is 1.45. The van der Waals surface area contributed by atoms with Crippen LogP contribution in [-0.4, -0.2) is 26.8 Å². The number of sulfonamides is 1. The van der Waals surface area contributed by atoms with Crippen LogP contribution in [0.1, 0.15) is 44.6 Å². The number of nitrogens with zero attached hydrogens (tertiary/aromatic N) is 1. The van der Waals surface area contributed by atoms with Gasteiger partial charge in [-0.1, -0.05) is 43.9 Å². The molecule has 2 aromatic carbocycles. The van der Waals surface area contributed by atoms with Gasteiger partial charge in [0.15, 0.2) is 0 Å². The van der Waals surface area contributed by atoms with E-state index in [1.165, 1.54) is 62.3 Å². The van der Waals surface area contributed by atoms with Gasteiger partial charge >= 0.3 is 0 Å². The van der Waals surface area contributed by atoms with Crippen molar-refractivity contribution < 1.29 is 16.8 Å². The highest BCUT2D eigenvalue weighted by Crippen LogP contribution is 2.29. The van der Waals surface area contributed by atoms with E-state index in [0.717, 1.165) is 21.9 Å². The molecular weight excluding hydrogens is 470 g/mol. The molecule has 182 valence electrons. The molecule has 0 saturated heterocycles. The summed E-state index contributed by atoms with van der Waals surface area (Å²) in [6, 6.07) is 16.1. The van der Waals surface area contributed by atoms with Crippen molar-refractivity contribution in [1.82, 2.24) is 9.29 Å². The van der Waals surface area contributed by atoms with Gasteiger partial charge in [0.1, 0.15) is 0 Å². The molecule has 1 saturated carbocycles. The lowest BCUT2D eigenvalue weighted by Gasteiger charge is -2.19. The number of anilines is 1. The Morgan fingerprint density at radius 3 is 2.18 bits per heavy atom. The van der Waals surface area contributed by atoms with Crippen LogP contribution in [0.25, 0.3) is 0 Å². The maximum absolute atomic E-state index is 13.0. The molecule has 2 N–H and O–H groups in total. The SMILES string of the molecule is C[C@@H](CC1CCCC1)NCc1ccccc1NS(=O)(=O)c1ccc(S(=O)(=O)n2cccc2)cc1. The second kappa shape index (κ2) is 10.3. The minimum absolute atomic E-state index is 0.00341. The summed E-state index contributed by atoms with van der Waals surface area (Å²) < 4.78 is 55.0. The highest BCUT2D eigenvalue weighted by molar-refractivity contribution is 7.92. The lowest BCUT2D eigenvalue weighted by molar-refractivity contribution is 0.404. The topological polar surface area (TPSA) is 97.3 Å². The number of hydrogen-bond acceptors (Lipinski definition) is 5. The van der Waals surface area contributed by atoms with Gasteiger partial charge in [-0.2, -0.15) is 0 Å². The molecule has 3 aromatic rings. The molecule has 0 unspecified atom stereocenters. The van der Waals surface area contributed by atoms with E-state index in [1.54, 1.807) is 24.3 Å². The molecule has 0 radical (unpaired) electrons. The van der Waals surface area contributed by atoms with Gasteiger partial charge in [0.2, 0.25) is 0 Å². The second-order valence-corrected chi connectivity index (χ2v) is 12.4. The number of rotatable bonds is 10. The summed E-state index contributed by atoms with van der Waals surface area (Å²) >= 11 is 0. The van der Waals surface area contributed by atoms with E-state index < -0.39 is 20.0 Å². The Labute approximate surface area is 202 Å². The van der Waals surface area contributed by atoms with Crippen LogP contribution in [0, 0.1) is 5.92 Å². The van der Waals surface area contributed by atoms with E-state index in [2.05, 4.69) is 17.0 Å². The minimum Gasteiger partial charge on any atom is -0.310 e. The van der Waals surface area contributed by atoms with Crippen LogP contribution in [0.2, 0.25) is 0 Å². The lowest BCUT2D eigenvalue weighted by atomic mass is 9.99. The Morgan fingerprint density at radius 2 is 1.50 bits per heavy atom. The molecular formula is C25H31N3O4S2. The van der Waals surface area contributed by atoms with Gasteiger partial charge < -0.3 is 5.32 Å². The van der Waals surface area contributed by atoms with Crippen molar-refractivity contribution in [3.63, 3.8) is 0 Å². The van der Waals surface area contributed by atoms with Gasteiger partial charge in [0.05, 0.1) is 15.5 Å². The zero-order chi connectivity index (χ0) is 24.2. The molecule has 0 amide bonds. The smallest absolute Gasteiger partial charge is 0.267 e. The van der Waals surface area contributed by atoms with Crippen LogP contribution in [0.5, 0.6) is 0 Å². The number of hydrogen-bond donors (Lipinski definition) is 2. The third-order valence-electron chi connectivity index (χ3n) is 6.35. The quantitative estimate of drug-likeness (QED) is 0.424. The van der Waals surface area contributed by atoms with Crippen LogP contribution in [0.4, 0.5) is 5.69 Å². The second-order valence-electron chi connectivity index (χ2n) is 8.92. The highest BCUT2D eigenvalue weighted by atomic mass is 32.2. The molecule has 1 fully saturated rings. The number of aromatic nitrogens is 1. The molecule has 0 aliphatic heterocycles. The maximum atomic E-state index is 13.0. The molecule has 34 heavy (non-hydrogen) atoms. The molecule has 0 bridgehead atoms. The van der Waals surface area contributed by atoms with Crippen molar-refractivity contribution in [1.29, 1.82) is 0 Å².